The van der Waals surface area contributed by atoms with Gasteiger partial charge in [0.1, 0.15) is 0 Å². The first-order valence-corrected chi connectivity index (χ1v) is 3.52. The summed E-state index contributed by atoms with van der Waals surface area (Å²) < 4.78 is 0. The minimum Gasteiger partial charge on any atom is -0.197 e. The van der Waals surface area contributed by atoms with Crippen LogP contribution in [0.3, 0.4) is 0 Å². The summed E-state index contributed by atoms with van der Waals surface area (Å²) in [4.78, 5) is 0. The van der Waals surface area contributed by atoms with Gasteiger partial charge < -0.3 is 0 Å². The largest absolute Gasteiger partial charge is 0.219 e. The fraction of sp³-hybridized carbons (Fsp3) is 0.714. The van der Waals surface area contributed by atoms with Crippen LogP contribution in [0.2, 0.25) is 0 Å². The normalized spacial score (nSPS) is 17.5. The predicted molar refractivity (Wildman–Crippen MR) is 37.2 cm³/mol. The van der Waals surface area contributed by atoms with Gasteiger partial charge in [-0.05, 0) is 6.42 Å². The van der Waals surface area contributed by atoms with E-state index in [0.29, 0.717) is 6.42 Å². The zero-order valence-corrected chi connectivity index (χ0v) is 6.28. The van der Waals surface area contributed by atoms with Crippen LogP contribution >= 0.6 is 0 Å². The van der Waals surface area contributed by atoms with Gasteiger partial charge in [0.25, 0.3) is 0 Å². The molecule has 0 atom stereocenters. The minimum absolute atomic E-state index is 0.655. The quantitative estimate of drug-likeness (QED) is 0.609. The third-order valence-electron chi connectivity index (χ3n) is 1.70. The Bertz CT molecular complexity index is 235. The zero-order chi connectivity index (χ0) is 8.32. The van der Waals surface area contributed by atoms with Gasteiger partial charge in [0, 0.05) is 0 Å². The summed E-state index contributed by atoms with van der Waals surface area (Å²) >= 11 is 0. The molecule has 0 N–H and O–H groups in total. The first-order chi connectivity index (χ1) is 5.29. The molecule has 4 nitrogen and oxygen atoms in total. The monoisotopic (exact) mass is 148 g/mol. The average molecular weight is 148 g/mol. The highest BCUT2D eigenvalue weighted by Crippen LogP contribution is 2.39. The molecule has 1 aliphatic heterocycles. The van der Waals surface area contributed by atoms with Gasteiger partial charge in [-0.2, -0.15) is 20.8 Å². The lowest BCUT2D eigenvalue weighted by atomic mass is 9.95. The lowest BCUT2D eigenvalue weighted by Crippen LogP contribution is -2.21. The van der Waals surface area contributed by atoms with Crippen LogP contribution in [0.4, 0.5) is 0 Å². The van der Waals surface area contributed by atoms with Gasteiger partial charge >= 0.3 is 0 Å². The third-order valence-corrected chi connectivity index (χ3v) is 1.70. The van der Waals surface area contributed by atoms with Crippen molar-refractivity contribution in [1.29, 1.82) is 10.5 Å². The molecule has 0 amide bonds. The van der Waals surface area contributed by atoms with Gasteiger partial charge in [-0.3, -0.25) is 0 Å². The second kappa shape index (κ2) is 2.67. The summed E-state index contributed by atoms with van der Waals surface area (Å²) in [7, 11) is 0. The van der Waals surface area contributed by atoms with Gasteiger partial charge in [0.05, 0.1) is 12.1 Å². The number of hydrogen-bond donors (Lipinski definition) is 0. The maximum Gasteiger partial charge on any atom is 0.219 e. The van der Waals surface area contributed by atoms with Gasteiger partial charge in [0.2, 0.25) is 5.66 Å². The summed E-state index contributed by atoms with van der Waals surface area (Å²) in [5.41, 5.74) is -0.655. The van der Waals surface area contributed by atoms with E-state index in [0.717, 1.165) is 6.42 Å². The van der Waals surface area contributed by atoms with Crippen molar-refractivity contribution in [3.05, 3.63) is 0 Å². The molecule has 0 aromatic heterocycles. The topological polar surface area (TPSA) is 72.3 Å². The molecule has 0 aromatic carbocycles. The Morgan fingerprint density at radius 3 is 2.18 bits per heavy atom. The van der Waals surface area contributed by atoms with Crippen molar-refractivity contribution in [2.24, 2.45) is 16.1 Å². The molecule has 0 spiro atoms. The second-order valence-corrected chi connectivity index (χ2v) is 2.52. The maximum atomic E-state index is 8.54. The van der Waals surface area contributed by atoms with Gasteiger partial charge in [-0.25, -0.2) is 0 Å². The number of nitrogens with zero attached hydrogens (tertiary/aromatic N) is 4. The van der Waals surface area contributed by atoms with Crippen LogP contribution in [-0.4, -0.2) is 5.66 Å². The average Bonchev–Trinajstić information content (AvgIpc) is 2.73. The lowest BCUT2D eigenvalue weighted by molar-refractivity contribution is 0.484. The Balaban J connectivity index is 2.60. The fourth-order valence-electron chi connectivity index (χ4n) is 1.03. The van der Waals surface area contributed by atoms with Crippen molar-refractivity contribution in [3.63, 3.8) is 0 Å². The molecular formula is C7H8N4. The van der Waals surface area contributed by atoms with Crippen LogP contribution in [0.15, 0.2) is 10.2 Å². The number of nitriles is 2. The van der Waals surface area contributed by atoms with Crippen molar-refractivity contribution in [2.45, 2.75) is 25.4 Å². The molecule has 0 radical (unpaired) electrons. The SMILES string of the molecule is CCCC1(C(C#N)C#N)N=N1. The van der Waals surface area contributed by atoms with E-state index in [9.17, 15) is 0 Å². The highest BCUT2D eigenvalue weighted by atomic mass is 15.4. The van der Waals surface area contributed by atoms with Gasteiger partial charge in [0.15, 0.2) is 5.92 Å². The van der Waals surface area contributed by atoms with Crippen LogP contribution < -0.4 is 0 Å². The van der Waals surface area contributed by atoms with Crippen molar-refractivity contribution in [3.8, 4) is 12.1 Å². The Morgan fingerprint density at radius 1 is 1.36 bits per heavy atom. The third kappa shape index (κ3) is 1.20. The van der Waals surface area contributed by atoms with Crippen molar-refractivity contribution < 1.29 is 0 Å². The van der Waals surface area contributed by atoms with Crippen LogP contribution in [-0.2, 0) is 0 Å². The lowest BCUT2D eigenvalue weighted by Gasteiger charge is -2.07. The first kappa shape index (κ1) is 7.68. The Labute approximate surface area is 65.2 Å². The highest BCUT2D eigenvalue weighted by Gasteiger charge is 2.48. The molecule has 0 fully saturated rings. The number of hydrogen-bond acceptors (Lipinski definition) is 4. The van der Waals surface area contributed by atoms with Crippen molar-refractivity contribution in [2.75, 3.05) is 0 Å². The van der Waals surface area contributed by atoms with Crippen LogP contribution in [0.25, 0.3) is 0 Å². The molecular weight excluding hydrogens is 140 g/mol. The van der Waals surface area contributed by atoms with Crippen LogP contribution in [0.5, 0.6) is 0 Å². The molecule has 1 aliphatic rings. The standard InChI is InChI=1S/C7H8N4/c1-2-3-7(10-11-7)6(4-8)5-9/h6H,2-3H2,1H3. The van der Waals surface area contributed by atoms with Crippen molar-refractivity contribution in [1.82, 2.24) is 0 Å². The first-order valence-electron chi connectivity index (χ1n) is 3.52. The van der Waals surface area contributed by atoms with E-state index in [1.165, 1.54) is 0 Å². The Hall–Kier alpha value is -1.42. The number of rotatable bonds is 3. The molecule has 0 saturated carbocycles. The molecule has 4 heteroatoms. The van der Waals surface area contributed by atoms with E-state index < -0.39 is 11.6 Å². The van der Waals surface area contributed by atoms with Crippen molar-refractivity contribution >= 4 is 0 Å². The molecule has 0 aliphatic carbocycles. The summed E-state index contributed by atoms with van der Waals surface area (Å²) in [6, 6.07) is 3.78. The molecule has 0 aromatic rings. The van der Waals surface area contributed by atoms with Gasteiger partial charge in [-0.15, -0.1) is 0 Å². The second-order valence-electron chi connectivity index (χ2n) is 2.52. The Morgan fingerprint density at radius 2 is 1.91 bits per heavy atom. The van der Waals surface area contributed by atoms with E-state index in [1.807, 2.05) is 19.1 Å². The molecule has 1 rings (SSSR count). The molecule has 11 heavy (non-hydrogen) atoms. The maximum absolute atomic E-state index is 8.54. The summed E-state index contributed by atoms with van der Waals surface area (Å²) in [6.45, 7) is 1.98. The molecule has 0 bridgehead atoms. The van der Waals surface area contributed by atoms with Crippen LogP contribution in [0, 0.1) is 28.6 Å². The minimum atomic E-state index is -0.692. The predicted octanol–water partition coefficient (Wildman–Crippen LogP) is 1.61. The zero-order valence-electron chi connectivity index (χ0n) is 6.28. The smallest absolute Gasteiger partial charge is 0.197 e. The highest BCUT2D eigenvalue weighted by molar-refractivity contribution is 5.16. The fourth-order valence-corrected chi connectivity index (χ4v) is 1.03. The van der Waals surface area contributed by atoms with Crippen LogP contribution in [0.1, 0.15) is 19.8 Å². The van der Waals surface area contributed by atoms with E-state index in [1.54, 1.807) is 0 Å². The molecule has 1 heterocycles. The molecule has 56 valence electrons. The summed E-state index contributed by atoms with van der Waals surface area (Å²) in [5.74, 6) is -0.692. The van der Waals surface area contributed by atoms with E-state index in [2.05, 4.69) is 10.2 Å². The van der Waals surface area contributed by atoms with E-state index in [4.69, 9.17) is 10.5 Å². The summed E-state index contributed by atoms with van der Waals surface area (Å²) in [6.07, 6.45) is 1.60. The molecule has 0 saturated heterocycles. The summed E-state index contributed by atoms with van der Waals surface area (Å²) in [5, 5.41) is 24.6. The van der Waals surface area contributed by atoms with E-state index in [-0.39, 0.29) is 0 Å². The Kier molecular flexibility index (Phi) is 1.87. The van der Waals surface area contributed by atoms with E-state index >= 15 is 0 Å². The molecule has 0 unspecified atom stereocenters. The van der Waals surface area contributed by atoms with Gasteiger partial charge in [-0.1, -0.05) is 13.3 Å².